The number of aryl methyl sites for hydroxylation is 1. The summed E-state index contributed by atoms with van der Waals surface area (Å²) in [5.41, 5.74) is 2.60. The smallest absolute Gasteiger partial charge is 0.328 e. The lowest BCUT2D eigenvalue weighted by molar-refractivity contribution is 0.189. The Bertz CT molecular complexity index is 822. The SMILES string of the molecule is COc1ccc2c(c1)C(C)N(CCn1c(=O)cc(C)[nH]c1=O)CC2. The highest BCUT2D eigenvalue weighted by atomic mass is 16.5. The molecule has 0 aliphatic carbocycles. The Morgan fingerprint density at radius 3 is 2.75 bits per heavy atom. The van der Waals surface area contributed by atoms with Gasteiger partial charge in [0.2, 0.25) is 0 Å². The molecule has 6 heteroatoms. The van der Waals surface area contributed by atoms with Crippen molar-refractivity contribution in [2.45, 2.75) is 32.9 Å². The Hall–Kier alpha value is -2.34. The first kappa shape index (κ1) is 16.5. The Balaban J connectivity index is 1.77. The van der Waals surface area contributed by atoms with Gasteiger partial charge in [0.25, 0.3) is 5.56 Å². The number of aromatic amines is 1. The number of ether oxygens (including phenoxy) is 1. The lowest BCUT2D eigenvalue weighted by atomic mass is 9.93. The number of benzene rings is 1. The predicted molar refractivity (Wildman–Crippen MR) is 92.7 cm³/mol. The molecule has 128 valence electrons. The number of nitrogens with one attached hydrogen (secondary N) is 1. The number of fused-ring (bicyclic) bond motifs is 1. The van der Waals surface area contributed by atoms with Gasteiger partial charge in [0.15, 0.2) is 0 Å². The van der Waals surface area contributed by atoms with Crippen LogP contribution < -0.4 is 16.0 Å². The molecule has 2 heterocycles. The Kier molecular flexibility index (Phi) is 4.57. The number of rotatable bonds is 4. The zero-order chi connectivity index (χ0) is 17.3. The van der Waals surface area contributed by atoms with Gasteiger partial charge in [-0.15, -0.1) is 0 Å². The van der Waals surface area contributed by atoms with Gasteiger partial charge >= 0.3 is 5.69 Å². The molecule has 1 atom stereocenters. The lowest BCUT2D eigenvalue weighted by Gasteiger charge is -2.35. The third-order valence-electron chi connectivity index (χ3n) is 4.79. The van der Waals surface area contributed by atoms with Crippen molar-refractivity contribution in [3.8, 4) is 5.75 Å². The van der Waals surface area contributed by atoms with E-state index in [2.05, 4.69) is 28.9 Å². The maximum atomic E-state index is 12.0. The van der Waals surface area contributed by atoms with Gasteiger partial charge in [-0.05, 0) is 43.5 Å². The van der Waals surface area contributed by atoms with Gasteiger partial charge in [-0.1, -0.05) is 6.07 Å². The summed E-state index contributed by atoms with van der Waals surface area (Å²) in [6.07, 6.45) is 0.961. The van der Waals surface area contributed by atoms with E-state index in [1.54, 1.807) is 14.0 Å². The minimum Gasteiger partial charge on any atom is -0.497 e. The predicted octanol–water partition coefficient (Wildman–Crippen LogP) is 1.47. The molecule has 1 N–H and O–H groups in total. The fourth-order valence-electron chi connectivity index (χ4n) is 3.35. The average Bonchev–Trinajstić information content (AvgIpc) is 2.55. The molecule has 1 aliphatic rings. The van der Waals surface area contributed by atoms with E-state index in [4.69, 9.17) is 4.74 Å². The van der Waals surface area contributed by atoms with E-state index in [1.165, 1.54) is 21.8 Å². The zero-order valence-electron chi connectivity index (χ0n) is 14.3. The molecule has 0 bridgehead atoms. The van der Waals surface area contributed by atoms with E-state index in [-0.39, 0.29) is 17.3 Å². The first-order valence-corrected chi connectivity index (χ1v) is 8.21. The molecular formula is C18H23N3O3. The number of methoxy groups -OCH3 is 1. The summed E-state index contributed by atoms with van der Waals surface area (Å²) in [5.74, 6) is 0.855. The number of hydrogen-bond donors (Lipinski definition) is 1. The summed E-state index contributed by atoms with van der Waals surface area (Å²) in [6.45, 7) is 5.82. The van der Waals surface area contributed by atoms with Gasteiger partial charge in [0, 0.05) is 37.4 Å². The van der Waals surface area contributed by atoms with Crippen LogP contribution in [0.25, 0.3) is 0 Å². The summed E-state index contributed by atoms with van der Waals surface area (Å²) in [4.78, 5) is 29.0. The van der Waals surface area contributed by atoms with E-state index in [9.17, 15) is 9.59 Å². The summed E-state index contributed by atoms with van der Waals surface area (Å²) in [7, 11) is 1.67. The van der Waals surface area contributed by atoms with E-state index in [0.29, 0.717) is 18.8 Å². The average molecular weight is 329 g/mol. The van der Waals surface area contributed by atoms with Gasteiger partial charge in [-0.2, -0.15) is 0 Å². The van der Waals surface area contributed by atoms with E-state index < -0.39 is 0 Å². The minimum absolute atomic E-state index is 0.226. The normalized spacial score (nSPS) is 17.5. The number of aromatic nitrogens is 2. The second-order valence-electron chi connectivity index (χ2n) is 6.27. The van der Waals surface area contributed by atoms with Crippen molar-refractivity contribution in [1.82, 2.24) is 14.5 Å². The lowest BCUT2D eigenvalue weighted by Crippen LogP contribution is -2.41. The molecule has 0 saturated heterocycles. The molecule has 1 aliphatic heterocycles. The Labute approximate surface area is 140 Å². The topological polar surface area (TPSA) is 67.3 Å². The largest absolute Gasteiger partial charge is 0.497 e. The Morgan fingerprint density at radius 2 is 2.04 bits per heavy atom. The highest BCUT2D eigenvalue weighted by molar-refractivity contribution is 5.39. The van der Waals surface area contributed by atoms with Crippen LogP contribution in [0.1, 0.15) is 29.8 Å². The van der Waals surface area contributed by atoms with Gasteiger partial charge in [-0.3, -0.25) is 14.3 Å². The maximum absolute atomic E-state index is 12.0. The highest BCUT2D eigenvalue weighted by Gasteiger charge is 2.24. The molecule has 0 saturated carbocycles. The molecule has 0 fully saturated rings. The van der Waals surface area contributed by atoms with Crippen LogP contribution in [0, 0.1) is 6.92 Å². The maximum Gasteiger partial charge on any atom is 0.328 e. The second-order valence-corrected chi connectivity index (χ2v) is 6.27. The van der Waals surface area contributed by atoms with Crippen molar-refractivity contribution in [3.63, 3.8) is 0 Å². The summed E-state index contributed by atoms with van der Waals surface area (Å²) in [6, 6.07) is 7.88. The van der Waals surface area contributed by atoms with E-state index in [1.807, 2.05) is 6.07 Å². The minimum atomic E-state index is -0.341. The number of H-pyrrole nitrogens is 1. The van der Waals surface area contributed by atoms with Crippen molar-refractivity contribution >= 4 is 0 Å². The summed E-state index contributed by atoms with van der Waals surface area (Å²) < 4.78 is 6.59. The third-order valence-corrected chi connectivity index (χ3v) is 4.79. The van der Waals surface area contributed by atoms with Gasteiger partial charge in [0.1, 0.15) is 5.75 Å². The van der Waals surface area contributed by atoms with Crippen LogP contribution in [-0.4, -0.2) is 34.7 Å². The third kappa shape index (κ3) is 3.14. The van der Waals surface area contributed by atoms with Crippen molar-refractivity contribution in [2.75, 3.05) is 20.2 Å². The zero-order valence-corrected chi connectivity index (χ0v) is 14.3. The van der Waals surface area contributed by atoms with Crippen LogP contribution in [0.2, 0.25) is 0 Å². The molecule has 3 rings (SSSR count). The molecule has 1 aromatic heterocycles. The van der Waals surface area contributed by atoms with Crippen LogP contribution in [0.4, 0.5) is 0 Å². The standard InChI is InChI=1S/C18H23N3O3/c1-12-10-17(22)21(18(23)19-12)9-8-20-7-6-14-4-5-15(24-3)11-16(14)13(20)2/h4-5,10-11,13H,6-9H2,1-3H3,(H,19,23). The van der Waals surface area contributed by atoms with Crippen LogP contribution in [-0.2, 0) is 13.0 Å². The van der Waals surface area contributed by atoms with Crippen LogP contribution in [0.3, 0.4) is 0 Å². The fourth-order valence-corrected chi connectivity index (χ4v) is 3.35. The molecule has 1 aromatic carbocycles. The quantitative estimate of drug-likeness (QED) is 0.922. The molecule has 2 aromatic rings. The van der Waals surface area contributed by atoms with Gasteiger partial charge in [-0.25, -0.2) is 4.79 Å². The van der Waals surface area contributed by atoms with E-state index >= 15 is 0 Å². The van der Waals surface area contributed by atoms with Crippen molar-refractivity contribution in [3.05, 3.63) is 61.9 Å². The monoisotopic (exact) mass is 329 g/mol. The van der Waals surface area contributed by atoms with Crippen LogP contribution in [0.5, 0.6) is 5.75 Å². The molecule has 0 radical (unpaired) electrons. The van der Waals surface area contributed by atoms with Gasteiger partial charge < -0.3 is 9.72 Å². The number of nitrogens with zero attached hydrogens (tertiary/aromatic N) is 2. The summed E-state index contributed by atoms with van der Waals surface area (Å²) >= 11 is 0. The molecule has 1 unspecified atom stereocenters. The fraction of sp³-hybridized carbons (Fsp3) is 0.444. The van der Waals surface area contributed by atoms with Crippen molar-refractivity contribution < 1.29 is 4.74 Å². The summed E-state index contributed by atoms with van der Waals surface area (Å²) in [5, 5.41) is 0. The van der Waals surface area contributed by atoms with Crippen LogP contribution in [0.15, 0.2) is 33.9 Å². The highest BCUT2D eigenvalue weighted by Crippen LogP contribution is 2.31. The number of hydrogen-bond acceptors (Lipinski definition) is 4. The molecular weight excluding hydrogens is 306 g/mol. The molecule has 6 nitrogen and oxygen atoms in total. The van der Waals surface area contributed by atoms with E-state index in [0.717, 1.165) is 18.7 Å². The van der Waals surface area contributed by atoms with Gasteiger partial charge in [0.05, 0.1) is 7.11 Å². The van der Waals surface area contributed by atoms with Crippen molar-refractivity contribution in [1.29, 1.82) is 0 Å². The molecule has 24 heavy (non-hydrogen) atoms. The molecule has 0 spiro atoms. The molecule has 0 amide bonds. The Morgan fingerprint density at radius 1 is 1.25 bits per heavy atom. The second kappa shape index (κ2) is 6.65. The first-order valence-electron chi connectivity index (χ1n) is 8.21. The van der Waals surface area contributed by atoms with Crippen LogP contribution >= 0.6 is 0 Å². The first-order chi connectivity index (χ1) is 11.5. The van der Waals surface area contributed by atoms with Crippen molar-refractivity contribution in [2.24, 2.45) is 0 Å².